The molecule has 0 radical (unpaired) electrons. The average Bonchev–Trinajstić information content (AvgIpc) is 3.10. The lowest BCUT2D eigenvalue weighted by molar-refractivity contribution is -0.149. The molecule has 1 N–H and O–H groups in total. The molecule has 1 amide bonds. The molecule has 6 nitrogen and oxygen atoms in total. The molecule has 2 heterocycles. The highest BCUT2D eigenvalue weighted by Gasteiger charge is 2.58. The van der Waals surface area contributed by atoms with Gasteiger partial charge in [-0.3, -0.25) is 14.5 Å². The van der Waals surface area contributed by atoms with Crippen LogP contribution in [0.4, 0.5) is 4.39 Å². The Morgan fingerprint density at radius 3 is 2.63 bits per heavy atom. The number of fused-ring (bicyclic) bond motifs is 1. The number of carbonyl (C=O) groups excluding carboxylic acids is 1. The summed E-state index contributed by atoms with van der Waals surface area (Å²) in [5, 5.41) is 9.94. The molecule has 146 valence electrons. The lowest BCUT2D eigenvalue weighted by atomic mass is 9.81. The number of hydrogen-bond acceptors (Lipinski definition) is 4. The number of methoxy groups -OCH3 is 1. The van der Waals surface area contributed by atoms with E-state index >= 15 is 0 Å². The number of aliphatic carboxylic acids is 1. The monoisotopic (exact) mass is 376 g/mol. The van der Waals surface area contributed by atoms with Crippen molar-refractivity contribution in [2.24, 2.45) is 17.3 Å². The quantitative estimate of drug-likeness (QED) is 0.851. The molecule has 3 fully saturated rings. The summed E-state index contributed by atoms with van der Waals surface area (Å²) in [7, 11) is 1.49. The van der Waals surface area contributed by atoms with Crippen LogP contribution in [0.1, 0.15) is 24.8 Å². The van der Waals surface area contributed by atoms with Gasteiger partial charge < -0.3 is 14.7 Å². The minimum absolute atomic E-state index is 0.0826. The van der Waals surface area contributed by atoms with E-state index in [1.807, 2.05) is 4.90 Å². The zero-order valence-corrected chi connectivity index (χ0v) is 15.5. The smallest absolute Gasteiger partial charge is 0.313 e. The summed E-state index contributed by atoms with van der Waals surface area (Å²) in [4.78, 5) is 28.4. The van der Waals surface area contributed by atoms with Gasteiger partial charge in [0.2, 0.25) is 5.91 Å². The molecule has 3 aliphatic rings. The maximum Gasteiger partial charge on any atom is 0.313 e. The van der Waals surface area contributed by atoms with Crippen LogP contribution in [-0.2, 0) is 16.1 Å². The maximum absolute atomic E-state index is 14.3. The van der Waals surface area contributed by atoms with Gasteiger partial charge in [-0.05, 0) is 18.9 Å². The van der Waals surface area contributed by atoms with Crippen molar-refractivity contribution >= 4 is 11.9 Å². The topological polar surface area (TPSA) is 70.1 Å². The minimum Gasteiger partial charge on any atom is -0.497 e. The Kier molecular flexibility index (Phi) is 4.58. The van der Waals surface area contributed by atoms with Gasteiger partial charge in [-0.15, -0.1) is 0 Å². The third-order valence-electron chi connectivity index (χ3n) is 6.53. The molecule has 0 aromatic heterocycles. The van der Waals surface area contributed by atoms with Gasteiger partial charge in [-0.25, -0.2) is 4.39 Å². The number of rotatable bonds is 5. The zero-order valence-electron chi connectivity index (χ0n) is 15.5. The summed E-state index contributed by atoms with van der Waals surface area (Å²) >= 11 is 0. The van der Waals surface area contributed by atoms with Crippen molar-refractivity contribution < 1.29 is 23.8 Å². The summed E-state index contributed by atoms with van der Waals surface area (Å²) < 4.78 is 19.3. The third-order valence-corrected chi connectivity index (χ3v) is 6.53. The number of likely N-dealkylation sites (tertiary alicyclic amines) is 2. The number of benzene rings is 1. The van der Waals surface area contributed by atoms with Gasteiger partial charge in [0.25, 0.3) is 0 Å². The fraction of sp³-hybridized carbons (Fsp3) is 0.600. The SMILES string of the molecule is COc1ccc(CN2C[C@H]3CN(C(=O)C4CCC4)C[C@@]3(C(=O)O)C2)c(F)c1. The number of carboxylic acid groups (broad SMARTS) is 1. The lowest BCUT2D eigenvalue weighted by Crippen LogP contribution is -2.44. The fourth-order valence-corrected chi connectivity index (χ4v) is 4.70. The second-order valence-electron chi connectivity index (χ2n) is 8.13. The Morgan fingerprint density at radius 2 is 2.07 bits per heavy atom. The van der Waals surface area contributed by atoms with Crippen LogP contribution >= 0.6 is 0 Å². The lowest BCUT2D eigenvalue weighted by Gasteiger charge is -2.31. The average molecular weight is 376 g/mol. The van der Waals surface area contributed by atoms with Crippen LogP contribution in [0.2, 0.25) is 0 Å². The highest BCUT2D eigenvalue weighted by atomic mass is 19.1. The molecule has 1 aromatic rings. The van der Waals surface area contributed by atoms with E-state index in [9.17, 15) is 19.1 Å². The molecule has 0 unspecified atom stereocenters. The van der Waals surface area contributed by atoms with Crippen molar-refractivity contribution in [3.05, 3.63) is 29.6 Å². The molecule has 1 aliphatic carbocycles. The van der Waals surface area contributed by atoms with E-state index in [4.69, 9.17) is 4.74 Å². The first-order valence-corrected chi connectivity index (χ1v) is 9.50. The Morgan fingerprint density at radius 1 is 1.30 bits per heavy atom. The number of carboxylic acids is 1. The maximum atomic E-state index is 14.3. The molecule has 7 heteroatoms. The van der Waals surface area contributed by atoms with Crippen LogP contribution in [0.3, 0.4) is 0 Å². The molecular formula is C20H25FN2O4. The third kappa shape index (κ3) is 3.08. The fourth-order valence-electron chi connectivity index (χ4n) is 4.70. The molecule has 0 bridgehead atoms. The first kappa shape index (κ1) is 18.2. The van der Waals surface area contributed by atoms with Crippen molar-refractivity contribution in [1.82, 2.24) is 9.80 Å². The standard InChI is InChI=1S/C20H25FN2O4/c1-27-16-6-5-14(17(21)7-16)8-22-9-15-10-23(18(24)13-3-2-4-13)12-20(15,11-22)19(25)26/h5-7,13,15H,2-4,8-12H2,1H3,(H,25,26)/t15-,20-/m0/s1. The van der Waals surface area contributed by atoms with Crippen LogP contribution in [-0.4, -0.2) is 60.1 Å². The molecular weight excluding hydrogens is 351 g/mol. The van der Waals surface area contributed by atoms with Gasteiger partial charge in [0.15, 0.2) is 0 Å². The molecule has 0 spiro atoms. The van der Waals surface area contributed by atoms with E-state index in [0.29, 0.717) is 37.5 Å². The Labute approximate surface area is 157 Å². The van der Waals surface area contributed by atoms with Gasteiger partial charge in [-0.2, -0.15) is 0 Å². The summed E-state index contributed by atoms with van der Waals surface area (Å²) in [6, 6.07) is 4.74. The van der Waals surface area contributed by atoms with Crippen LogP contribution in [0.25, 0.3) is 0 Å². The molecule has 2 aliphatic heterocycles. The van der Waals surface area contributed by atoms with E-state index in [-0.39, 0.29) is 30.1 Å². The summed E-state index contributed by atoms with van der Waals surface area (Å²) in [6.07, 6.45) is 2.92. The number of nitrogens with zero attached hydrogens (tertiary/aromatic N) is 2. The summed E-state index contributed by atoms with van der Waals surface area (Å²) in [5.74, 6) is -0.656. The van der Waals surface area contributed by atoms with E-state index < -0.39 is 11.4 Å². The van der Waals surface area contributed by atoms with Crippen LogP contribution in [0.5, 0.6) is 5.75 Å². The largest absolute Gasteiger partial charge is 0.497 e. The Bertz CT molecular complexity index is 766. The van der Waals surface area contributed by atoms with Gasteiger partial charge in [0, 0.05) is 56.2 Å². The van der Waals surface area contributed by atoms with Crippen LogP contribution in [0.15, 0.2) is 18.2 Å². The predicted octanol–water partition coefficient (Wildman–Crippen LogP) is 1.98. The minimum atomic E-state index is -0.942. The first-order valence-electron chi connectivity index (χ1n) is 9.50. The molecule has 2 saturated heterocycles. The molecule has 27 heavy (non-hydrogen) atoms. The van der Waals surface area contributed by atoms with E-state index in [0.717, 1.165) is 19.3 Å². The molecule has 4 rings (SSSR count). The van der Waals surface area contributed by atoms with Gasteiger partial charge in [0.1, 0.15) is 17.0 Å². The Balaban J connectivity index is 1.47. The summed E-state index contributed by atoms with van der Waals surface area (Å²) in [5.41, 5.74) is -0.416. The van der Waals surface area contributed by atoms with Gasteiger partial charge >= 0.3 is 5.97 Å². The van der Waals surface area contributed by atoms with Crippen molar-refractivity contribution in [2.45, 2.75) is 25.8 Å². The van der Waals surface area contributed by atoms with Crippen molar-refractivity contribution in [2.75, 3.05) is 33.3 Å². The van der Waals surface area contributed by atoms with Crippen molar-refractivity contribution in [3.8, 4) is 5.75 Å². The highest BCUT2D eigenvalue weighted by molar-refractivity contribution is 5.83. The summed E-state index contributed by atoms with van der Waals surface area (Å²) in [6.45, 7) is 2.02. The van der Waals surface area contributed by atoms with E-state index in [1.54, 1.807) is 17.0 Å². The van der Waals surface area contributed by atoms with Gasteiger partial charge in [0.05, 0.1) is 7.11 Å². The van der Waals surface area contributed by atoms with Gasteiger partial charge in [-0.1, -0.05) is 12.5 Å². The number of halogens is 1. The zero-order chi connectivity index (χ0) is 19.2. The first-order chi connectivity index (χ1) is 12.9. The number of hydrogen-bond donors (Lipinski definition) is 1. The predicted molar refractivity (Wildman–Crippen MR) is 95.7 cm³/mol. The molecule has 1 saturated carbocycles. The highest BCUT2D eigenvalue weighted by Crippen LogP contribution is 2.44. The normalized spacial score (nSPS) is 28.1. The second kappa shape index (κ2) is 6.78. The van der Waals surface area contributed by atoms with Crippen molar-refractivity contribution in [1.29, 1.82) is 0 Å². The van der Waals surface area contributed by atoms with E-state index in [2.05, 4.69) is 0 Å². The molecule has 1 aromatic carbocycles. The van der Waals surface area contributed by atoms with Crippen LogP contribution < -0.4 is 4.74 Å². The number of amides is 1. The second-order valence-corrected chi connectivity index (χ2v) is 8.13. The van der Waals surface area contributed by atoms with E-state index in [1.165, 1.54) is 13.2 Å². The number of carbonyl (C=O) groups is 2. The Hall–Kier alpha value is -2.15. The van der Waals surface area contributed by atoms with Crippen molar-refractivity contribution in [3.63, 3.8) is 0 Å². The molecule has 2 atom stereocenters. The van der Waals surface area contributed by atoms with Crippen LogP contribution in [0, 0.1) is 23.1 Å². The number of ether oxygens (including phenoxy) is 1.